The Hall–Kier alpha value is -2.15. The summed E-state index contributed by atoms with van der Waals surface area (Å²) in [6.45, 7) is 0. The number of Topliss-reactive ketones (excluding diaryl/α,β-unsaturated/α-hetero) is 1. The Balaban J connectivity index is 1.80. The molecule has 144 valence electrons. The maximum atomic E-state index is 13.5. The molecule has 3 heterocycles. The first-order valence-corrected chi connectivity index (χ1v) is 10.9. The molecule has 0 aliphatic carbocycles. The number of alkyl halides is 3. The van der Waals surface area contributed by atoms with Gasteiger partial charge in [-0.3, -0.25) is 4.79 Å². The summed E-state index contributed by atoms with van der Waals surface area (Å²) in [6.07, 6.45) is -3.87. The second-order valence-electron chi connectivity index (χ2n) is 5.67. The molecule has 0 spiro atoms. The smallest absolute Gasteiger partial charge is 0.293 e. The summed E-state index contributed by atoms with van der Waals surface area (Å²) >= 11 is 3.72. The van der Waals surface area contributed by atoms with Gasteiger partial charge in [-0.2, -0.15) is 18.4 Å². The highest BCUT2D eigenvalue weighted by Crippen LogP contribution is 2.38. The number of rotatable bonds is 7. The fraction of sp³-hybridized carbons (Fsp3) is 0.211. The molecule has 0 unspecified atom stereocenters. The Morgan fingerprint density at radius 3 is 2.57 bits per heavy atom. The molecule has 0 bridgehead atoms. The number of carbonyl (C=O) groups excluding carboxylic acids is 1. The molecule has 0 aliphatic rings. The highest BCUT2D eigenvalue weighted by atomic mass is 32.2. The highest BCUT2D eigenvalue weighted by Gasteiger charge is 2.36. The van der Waals surface area contributed by atoms with Crippen molar-refractivity contribution in [3.8, 4) is 16.6 Å². The summed E-state index contributed by atoms with van der Waals surface area (Å²) in [6, 6.07) is 9.54. The van der Waals surface area contributed by atoms with Crippen molar-refractivity contribution in [3.05, 3.63) is 57.1 Å². The van der Waals surface area contributed by atoms with Crippen LogP contribution in [0.5, 0.6) is 0 Å². The predicted octanol–water partition coefficient (Wildman–Crippen LogP) is 6.52. The van der Waals surface area contributed by atoms with Crippen LogP contribution in [0, 0.1) is 11.3 Å². The van der Waals surface area contributed by atoms with E-state index in [1.807, 2.05) is 5.38 Å². The van der Waals surface area contributed by atoms with Gasteiger partial charge in [0.25, 0.3) is 0 Å². The van der Waals surface area contributed by atoms with E-state index in [-0.39, 0.29) is 16.5 Å². The van der Waals surface area contributed by atoms with Crippen molar-refractivity contribution in [1.29, 1.82) is 5.26 Å². The van der Waals surface area contributed by atoms with E-state index >= 15 is 0 Å². The molecule has 9 heteroatoms. The number of ketones is 1. The quantitative estimate of drug-likeness (QED) is 0.239. The lowest BCUT2D eigenvalue weighted by molar-refractivity contribution is -0.138. The van der Waals surface area contributed by atoms with Gasteiger partial charge in [-0.15, -0.1) is 34.4 Å². The van der Waals surface area contributed by atoms with E-state index < -0.39 is 17.3 Å². The van der Waals surface area contributed by atoms with Gasteiger partial charge >= 0.3 is 6.18 Å². The zero-order valence-corrected chi connectivity index (χ0v) is 16.8. The molecule has 0 saturated carbocycles. The number of carbonyl (C=O) groups is 1. The SMILES string of the molecule is N#Cc1c(C(F)(F)F)cc(-c2cccs2)nc1SCCCC(=O)c1cccs1. The van der Waals surface area contributed by atoms with Crippen molar-refractivity contribution in [2.24, 2.45) is 0 Å². The van der Waals surface area contributed by atoms with E-state index in [4.69, 9.17) is 0 Å². The second kappa shape index (κ2) is 8.90. The van der Waals surface area contributed by atoms with Crippen LogP contribution in [-0.4, -0.2) is 16.5 Å². The van der Waals surface area contributed by atoms with Gasteiger partial charge in [-0.05, 0) is 41.1 Å². The summed E-state index contributed by atoms with van der Waals surface area (Å²) in [4.78, 5) is 17.6. The summed E-state index contributed by atoms with van der Waals surface area (Å²) in [5.41, 5.74) is -1.26. The van der Waals surface area contributed by atoms with Crippen molar-refractivity contribution in [3.63, 3.8) is 0 Å². The first-order chi connectivity index (χ1) is 13.4. The Bertz CT molecular complexity index is 991. The van der Waals surface area contributed by atoms with E-state index in [1.54, 1.807) is 35.7 Å². The lowest BCUT2D eigenvalue weighted by atomic mass is 10.1. The molecule has 3 aromatic heterocycles. The van der Waals surface area contributed by atoms with Gasteiger partial charge < -0.3 is 0 Å². The predicted molar refractivity (Wildman–Crippen MR) is 106 cm³/mol. The third-order valence-electron chi connectivity index (χ3n) is 3.76. The third-order valence-corrected chi connectivity index (χ3v) is 6.62. The number of hydrogen-bond donors (Lipinski definition) is 0. The fourth-order valence-electron chi connectivity index (χ4n) is 2.47. The molecule has 3 aromatic rings. The first kappa shape index (κ1) is 20.6. The van der Waals surface area contributed by atoms with Crippen molar-refractivity contribution in [2.45, 2.75) is 24.0 Å². The van der Waals surface area contributed by atoms with Crippen LogP contribution < -0.4 is 0 Å². The van der Waals surface area contributed by atoms with E-state index in [2.05, 4.69) is 4.98 Å². The summed E-state index contributed by atoms with van der Waals surface area (Å²) in [5.74, 6) is 0.400. The molecular weight excluding hydrogens is 425 g/mol. The molecule has 0 amide bonds. The van der Waals surface area contributed by atoms with Crippen LogP contribution in [-0.2, 0) is 6.18 Å². The molecule has 0 saturated heterocycles. The van der Waals surface area contributed by atoms with Gasteiger partial charge in [-0.25, -0.2) is 4.98 Å². The van der Waals surface area contributed by atoms with Gasteiger partial charge in [-0.1, -0.05) is 12.1 Å². The van der Waals surface area contributed by atoms with Gasteiger partial charge in [0, 0.05) is 6.42 Å². The van der Waals surface area contributed by atoms with E-state index in [9.17, 15) is 23.2 Å². The number of aromatic nitrogens is 1. The lowest BCUT2D eigenvalue weighted by Crippen LogP contribution is -2.10. The van der Waals surface area contributed by atoms with Crippen LogP contribution in [0.3, 0.4) is 0 Å². The summed E-state index contributed by atoms with van der Waals surface area (Å²) < 4.78 is 40.4. The largest absolute Gasteiger partial charge is 0.417 e. The van der Waals surface area contributed by atoms with E-state index in [0.717, 1.165) is 17.8 Å². The molecule has 0 aliphatic heterocycles. The van der Waals surface area contributed by atoms with Crippen LogP contribution >= 0.6 is 34.4 Å². The number of halogens is 3. The first-order valence-electron chi connectivity index (χ1n) is 8.16. The van der Waals surface area contributed by atoms with E-state index in [0.29, 0.717) is 28.3 Å². The van der Waals surface area contributed by atoms with Crippen molar-refractivity contribution in [2.75, 3.05) is 5.75 Å². The van der Waals surface area contributed by atoms with Crippen LogP contribution in [0.1, 0.15) is 33.6 Å². The normalized spacial score (nSPS) is 11.4. The zero-order chi connectivity index (χ0) is 20.1. The minimum atomic E-state index is -4.65. The molecule has 3 nitrogen and oxygen atoms in total. The average molecular weight is 439 g/mol. The number of pyridine rings is 1. The topological polar surface area (TPSA) is 53.8 Å². The number of hydrogen-bond acceptors (Lipinski definition) is 6. The van der Waals surface area contributed by atoms with Gasteiger partial charge in [0.05, 0.1) is 26.6 Å². The van der Waals surface area contributed by atoms with Crippen LogP contribution in [0.25, 0.3) is 10.6 Å². The molecule has 3 rings (SSSR count). The average Bonchev–Trinajstić information content (AvgIpc) is 3.37. The lowest BCUT2D eigenvalue weighted by Gasteiger charge is -2.13. The third kappa shape index (κ3) is 4.82. The second-order valence-corrected chi connectivity index (χ2v) is 8.65. The van der Waals surface area contributed by atoms with Crippen molar-refractivity contribution >= 4 is 40.2 Å². The molecule has 0 radical (unpaired) electrons. The molecule has 0 atom stereocenters. The van der Waals surface area contributed by atoms with Gasteiger partial charge in [0.1, 0.15) is 11.1 Å². The Morgan fingerprint density at radius 1 is 1.21 bits per heavy atom. The minimum Gasteiger partial charge on any atom is -0.293 e. The molecule has 0 N–H and O–H groups in total. The molecular formula is C19H13F3N2OS3. The van der Waals surface area contributed by atoms with Gasteiger partial charge in [0.15, 0.2) is 5.78 Å². The molecule has 0 fully saturated rings. The van der Waals surface area contributed by atoms with Gasteiger partial charge in [0.2, 0.25) is 0 Å². The summed E-state index contributed by atoms with van der Waals surface area (Å²) in [7, 11) is 0. The van der Waals surface area contributed by atoms with Crippen molar-refractivity contribution < 1.29 is 18.0 Å². The number of nitriles is 1. The standard InChI is InChI=1S/C19H13F3N2OS3/c20-19(21,22)13-10-14(16-5-2-7-26-16)24-18(12(13)11-23)28-9-1-4-15(25)17-6-3-8-27-17/h2-3,5-8,10H,1,4,9H2. The Morgan fingerprint density at radius 2 is 1.96 bits per heavy atom. The number of thiophene rings is 2. The van der Waals surface area contributed by atoms with Crippen LogP contribution in [0.2, 0.25) is 0 Å². The van der Waals surface area contributed by atoms with Crippen molar-refractivity contribution in [1.82, 2.24) is 4.98 Å². The fourth-order valence-corrected chi connectivity index (χ4v) is 4.80. The molecule has 28 heavy (non-hydrogen) atoms. The highest BCUT2D eigenvalue weighted by molar-refractivity contribution is 7.99. The van der Waals surface area contributed by atoms with E-state index in [1.165, 1.54) is 22.7 Å². The maximum Gasteiger partial charge on any atom is 0.417 e. The zero-order valence-electron chi connectivity index (χ0n) is 14.3. The summed E-state index contributed by atoms with van der Waals surface area (Å²) in [5, 5.41) is 12.9. The van der Waals surface area contributed by atoms with Crippen LogP contribution in [0.4, 0.5) is 13.2 Å². The number of thioether (sulfide) groups is 1. The molecule has 0 aromatic carbocycles. The Labute approximate surface area is 171 Å². The minimum absolute atomic E-state index is 0.00684. The monoisotopic (exact) mass is 438 g/mol. The number of nitrogens with zero attached hydrogens (tertiary/aromatic N) is 2. The van der Waals surface area contributed by atoms with Crippen LogP contribution in [0.15, 0.2) is 46.1 Å². The maximum absolute atomic E-state index is 13.5. The Kier molecular flexibility index (Phi) is 6.54.